The molecule has 0 aromatic carbocycles. The molecule has 0 radical (unpaired) electrons. The van der Waals surface area contributed by atoms with Gasteiger partial charge in [0.2, 0.25) is 0 Å². The zero-order valence-corrected chi connectivity index (χ0v) is 8.21. The normalized spacial score (nSPS) is 15.2. The van der Waals surface area contributed by atoms with Gasteiger partial charge in [0.05, 0.1) is 17.8 Å². The number of hydrogen-bond acceptors (Lipinski definition) is 2. The van der Waals surface area contributed by atoms with Crippen molar-refractivity contribution in [1.82, 2.24) is 9.78 Å². The van der Waals surface area contributed by atoms with Crippen LogP contribution in [0.4, 0.5) is 13.2 Å². The maximum Gasteiger partial charge on any atom is 0.394 e. The molecule has 1 N–H and O–H groups in total. The molecule has 0 spiro atoms. The first-order valence-corrected chi connectivity index (χ1v) is 4.77. The fourth-order valence-electron chi connectivity index (χ4n) is 1.95. The summed E-state index contributed by atoms with van der Waals surface area (Å²) in [5, 5.41) is 12.6. The molecule has 0 fully saturated rings. The molecule has 2 rings (SSSR count). The number of aromatic carboxylic acids is 1. The predicted molar refractivity (Wildman–Crippen MR) is 47.3 cm³/mol. The molecule has 1 aliphatic rings. The Morgan fingerprint density at radius 1 is 1.50 bits per heavy atom. The van der Waals surface area contributed by atoms with E-state index in [0.717, 1.165) is 6.42 Å². The van der Waals surface area contributed by atoms with Crippen molar-refractivity contribution < 1.29 is 23.1 Å². The summed E-state index contributed by atoms with van der Waals surface area (Å²) >= 11 is 0. The van der Waals surface area contributed by atoms with E-state index in [4.69, 9.17) is 5.11 Å². The summed E-state index contributed by atoms with van der Waals surface area (Å²) in [6.07, 6.45) is -4.50. The van der Waals surface area contributed by atoms with E-state index < -0.39 is 18.6 Å². The Kier molecular flexibility index (Phi) is 2.40. The van der Waals surface area contributed by atoms with Gasteiger partial charge in [-0.25, -0.2) is 4.79 Å². The van der Waals surface area contributed by atoms with Gasteiger partial charge >= 0.3 is 12.1 Å². The van der Waals surface area contributed by atoms with E-state index in [2.05, 4.69) is 5.10 Å². The lowest BCUT2D eigenvalue weighted by Gasteiger charge is -2.04. The van der Waals surface area contributed by atoms with E-state index in [1.54, 1.807) is 0 Å². The van der Waals surface area contributed by atoms with Gasteiger partial charge in [-0.05, 0) is 12.8 Å². The summed E-state index contributed by atoms with van der Waals surface area (Å²) in [5.41, 5.74) is -0.240. The Labute approximate surface area is 88.7 Å². The third-order valence-corrected chi connectivity index (χ3v) is 2.50. The molecule has 16 heavy (non-hydrogen) atoms. The number of carbonyl (C=O) groups is 1. The van der Waals surface area contributed by atoms with Crippen molar-refractivity contribution in [3.63, 3.8) is 0 Å². The minimum atomic E-state index is -4.43. The predicted octanol–water partition coefficient (Wildman–Crippen LogP) is 1.63. The van der Waals surface area contributed by atoms with E-state index in [0.29, 0.717) is 18.7 Å². The van der Waals surface area contributed by atoms with Crippen molar-refractivity contribution in [3.05, 3.63) is 17.0 Å². The van der Waals surface area contributed by atoms with Crippen molar-refractivity contribution >= 4 is 5.97 Å². The van der Waals surface area contributed by atoms with Gasteiger partial charge in [-0.2, -0.15) is 18.3 Å². The van der Waals surface area contributed by atoms with Gasteiger partial charge in [-0.1, -0.05) is 0 Å². The van der Waals surface area contributed by atoms with Gasteiger partial charge in [-0.15, -0.1) is 0 Å². The average molecular weight is 234 g/mol. The number of nitrogens with zero attached hydrogens (tertiary/aromatic N) is 2. The van der Waals surface area contributed by atoms with Gasteiger partial charge in [0.1, 0.15) is 5.56 Å². The molecule has 0 unspecified atom stereocenters. The molecular weight excluding hydrogens is 225 g/mol. The molecular formula is C9H9F3N2O2. The van der Waals surface area contributed by atoms with Gasteiger partial charge in [0.25, 0.3) is 0 Å². The van der Waals surface area contributed by atoms with Crippen LogP contribution in [0.15, 0.2) is 0 Å². The third-order valence-electron chi connectivity index (χ3n) is 2.50. The van der Waals surface area contributed by atoms with E-state index in [9.17, 15) is 18.0 Å². The molecule has 0 atom stereocenters. The number of halogens is 3. The van der Waals surface area contributed by atoms with Crippen LogP contribution in [0.25, 0.3) is 0 Å². The summed E-state index contributed by atoms with van der Waals surface area (Å²) in [6.45, 7) is 0.494. The highest BCUT2D eigenvalue weighted by Crippen LogP contribution is 2.27. The quantitative estimate of drug-likeness (QED) is 0.846. The number of aromatic nitrogens is 2. The highest BCUT2D eigenvalue weighted by atomic mass is 19.4. The van der Waals surface area contributed by atoms with Crippen molar-refractivity contribution in [3.8, 4) is 0 Å². The lowest BCUT2D eigenvalue weighted by Crippen LogP contribution is -2.15. The molecule has 0 saturated heterocycles. The highest BCUT2D eigenvalue weighted by molar-refractivity contribution is 5.90. The lowest BCUT2D eigenvalue weighted by atomic mass is 10.1. The SMILES string of the molecule is O=C(O)c1c(CC(F)(F)F)nn2c1CCC2. The fraction of sp³-hybridized carbons (Fsp3) is 0.556. The van der Waals surface area contributed by atoms with Crippen molar-refractivity contribution in [1.29, 1.82) is 0 Å². The number of fused-ring (bicyclic) bond motifs is 1. The molecule has 0 bridgehead atoms. The number of aryl methyl sites for hydroxylation is 1. The summed E-state index contributed by atoms with van der Waals surface area (Å²) < 4.78 is 38.0. The number of carboxylic acid groups (broad SMARTS) is 1. The Bertz CT molecular complexity index is 437. The van der Waals surface area contributed by atoms with Crippen LogP contribution >= 0.6 is 0 Å². The first-order chi connectivity index (χ1) is 7.38. The Hall–Kier alpha value is -1.53. The molecule has 0 aliphatic carbocycles. The number of alkyl halides is 3. The second-order valence-electron chi connectivity index (χ2n) is 3.69. The largest absolute Gasteiger partial charge is 0.478 e. The first kappa shape index (κ1) is 11.0. The second-order valence-corrected chi connectivity index (χ2v) is 3.69. The molecule has 0 saturated carbocycles. The molecule has 1 aromatic heterocycles. The third kappa shape index (κ3) is 1.89. The summed E-state index contributed by atoms with van der Waals surface area (Å²) in [6, 6.07) is 0. The molecule has 88 valence electrons. The molecule has 4 nitrogen and oxygen atoms in total. The van der Waals surface area contributed by atoms with Crippen LogP contribution < -0.4 is 0 Å². The molecule has 0 amide bonds. The number of hydrogen-bond donors (Lipinski definition) is 1. The van der Waals surface area contributed by atoms with Crippen molar-refractivity contribution in [2.75, 3.05) is 0 Å². The topological polar surface area (TPSA) is 55.1 Å². The van der Waals surface area contributed by atoms with Crippen LogP contribution in [0.2, 0.25) is 0 Å². The van der Waals surface area contributed by atoms with Crippen LogP contribution in [0.3, 0.4) is 0 Å². The van der Waals surface area contributed by atoms with Gasteiger partial charge in [-0.3, -0.25) is 4.68 Å². The maximum atomic E-state index is 12.2. The Balaban J connectivity index is 2.42. The van der Waals surface area contributed by atoms with E-state index in [1.807, 2.05) is 0 Å². The molecule has 1 aliphatic heterocycles. The van der Waals surface area contributed by atoms with Crippen LogP contribution in [-0.4, -0.2) is 27.0 Å². The van der Waals surface area contributed by atoms with Crippen LogP contribution in [0.1, 0.15) is 28.2 Å². The smallest absolute Gasteiger partial charge is 0.394 e. The number of carboxylic acids is 1. The summed E-state index contributed by atoms with van der Waals surface area (Å²) in [7, 11) is 0. The molecule has 2 heterocycles. The van der Waals surface area contributed by atoms with E-state index in [-0.39, 0.29) is 11.3 Å². The zero-order chi connectivity index (χ0) is 11.9. The van der Waals surface area contributed by atoms with Gasteiger partial charge < -0.3 is 5.11 Å². The highest BCUT2D eigenvalue weighted by Gasteiger charge is 2.35. The Morgan fingerprint density at radius 3 is 2.75 bits per heavy atom. The molecule has 7 heteroatoms. The van der Waals surface area contributed by atoms with Crippen molar-refractivity contribution in [2.24, 2.45) is 0 Å². The molecule has 1 aromatic rings. The first-order valence-electron chi connectivity index (χ1n) is 4.77. The maximum absolute atomic E-state index is 12.2. The van der Waals surface area contributed by atoms with E-state index in [1.165, 1.54) is 4.68 Å². The standard InChI is InChI=1S/C9H9F3N2O2/c10-9(11,12)4-5-7(8(15)16)6-2-1-3-14(6)13-5/h1-4H2,(H,15,16). The Morgan fingerprint density at radius 2 is 2.19 bits per heavy atom. The van der Waals surface area contributed by atoms with Crippen LogP contribution in [-0.2, 0) is 19.4 Å². The van der Waals surface area contributed by atoms with Crippen LogP contribution in [0.5, 0.6) is 0 Å². The minimum Gasteiger partial charge on any atom is -0.478 e. The second kappa shape index (κ2) is 3.50. The number of rotatable bonds is 2. The van der Waals surface area contributed by atoms with Crippen LogP contribution in [0, 0.1) is 0 Å². The monoisotopic (exact) mass is 234 g/mol. The van der Waals surface area contributed by atoms with E-state index >= 15 is 0 Å². The van der Waals surface area contributed by atoms with Crippen molar-refractivity contribution in [2.45, 2.75) is 32.0 Å². The van der Waals surface area contributed by atoms with Gasteiger partial charge in [0.15, 0.2) is 0 Å². The summed E-state index contributed by atoms with van der Waals surface area (Å²) in [4.78, 5) is 10.9. The van der Waals surface area contributed by atoms with Gasteiger partial charge in [0, 0.05) is 6.54 Å². The fourth-order valence-corrected chi connectivity index (χ4v) is 1.95. The average Bonchev–Trinajstić information content (AvgIpc) is 2.58. The summed E-state index contributed by atoms with van der Waals surface area (Å²) in [5.74, 6) is -1.33. The minimum absolute atomic E-state index is 0.269. The lowest BCUT2D eigenvalue weighted by molar-refractivity contribution is -0.127. The zero-order valence-electron chi connectivity index (χ0n) is 8.21.